The lowest BCUT2D eigenvalue weighted by Gasteiger charge is -2.16. The van der Waals surface area contributed by atoms with Gasteiger partial charge in [-0.05, 0) is 43.5 Å². The Bertz CT molecular complexity index is 943. The van der Waals surface area contributed by atoms with Crippen LogP contribution in [0.15, 0.2) is 35.4 Å². The molecule has 0 fully saturated rings. The first-order valence-electron chi connectivity index (χ1n) is 8.67. The molecule has 2 aromatic rings. The van der Waals surface area contributed by atoms with Crippen molar-refractivity contribution in [3.05, 3.63) is 41.6 Å². The molecule has 152 valence electrons. The van der Waals surface area contributed by atoms with Crippen LogP contribution in [-0.4, -0.2) is 40.2 Å². The van der Waals surface area contributed by atoms with E-state index in [0.29, 0.717) is 16.9 Å². The molecule has 0 bridgehead atoms. The fourth-order valence-corrected chi connectivity index (χ4v) is 3.94. The van der Waals surface area contributed by atoms with E-state index in [9.17, 15) is 13.2 Å². The number of aromatic nitrogens is 1. The first-order chi connectivity index (χ1) is 13.3. The molecule has 0 aliphatic rings. The Hall–Kier alpha value is -2.81. The molecular weight excluding hydrogens is 384 g/mol. The lowest BCUT2D eigenvalue weighted by molar-refractivity contribution is -0.143. The lowest BCUT2D eigenvalue weighted by atomic mass is 10.1. The van der Waals surface area contributed by atoms with Crippen molar-refractivity contribution < 1.29 is 27.4 Å². The lowest BCUT2D eigenvalue weighted by Crippen LogP contribution is -2.17. The second kappa shape index (κ2) is 9.41. The van der Waals surface area contributed by atoms with Crippen molar-refractivity contribution in [1.82, 2.24) is 4.98 Å². The molecule has 0 aliphatic carbocycles. The van der Waals surface area contributed by atoms with Crippen molar-refractivity contribution in [2.24, 2.45) is 0 Å². The van der Waals surface area contributed by atoms with Crippen molar-refractivity contribution in [3.63, 3.8) is 0 Å². The highest BCUT2D eigenvalue weighted by atomic mass is 32.2. The van der Waals surface area contributed by atoms with Gasteiger partial charge in [-0.15, -0.1) is 0 Å². The summed E-state index contributed by atoms with van der Waals surface area (Å²) in [5, 5.41) is 0. The number of rotatable bonds is 9. The molecule has 1 N–H and O–H groups in total. The van der Waals surface area contributed by atoms with Crippen LogP contribution in [-0.2, 0) is 26.0 Å². The van der Waals surface area contributed by atoms with E-state index in [1.165, 1.54) is 26.5 Å². The number of carbonyl (C=O) groups is 1. The van der Waals surface area contributed by atoms with Gasteiger partial charge >= 0.3 is 5.97 Å². The van der Waals surface area contributed by atoms with Crippen LogP contribution < -0.4 is 14.2 Å². The highest BCUT2D eigenvalue weighted by Gasteiger charge is 2.24. The number of sulfonamides is 1. The summed E-state index contributed by atoms with van der Waals surface area (Å²) in [7, 11) is -1.11. The van der Waals surface area contributed by atoms with E-state index in [0.717, 1.165) is 0 Å². The highest BCUT2D eigenvalue weighted by molar-refractivity contribution is 7.92. The molecule has 28 heavy (non-hydrogen) atoms. The van der Waals surface area contributed by atoms with Crippen LogP contribution in [0.25, 0.3) is 0 Å². The molecule has 0 saturated carbocycles. The maximum Gasteiger partial charge on any atom is 0.306 e. The minimum atomic E-state index is -3.98. The number of benzene rings is 1. The number of aryl methyl sites for hydroxylation is 2. The van der Waals surface area contributed by atoms with Gasteiger partial charge in [0.05, 0.1) is 25.7 Å². The molecule has 0 aliphatic heterocycles. The Kier molecular flexibility index (Phi) is 7.22. The fraction of sp³-hybridized carbons (Fsp3) is 0.368. The van der Waals surface area contributed by atoms with Gasteiger partial charge in [0.1, 0.15) is 5.82 Å². The Labute approximate surface area is 164 Å². The van der Waals surface area contributed by atoms with Crippen molar-refractivity contribution in [2.45, 2.75) is 31.6 Å². The van der Waals surface area contributed by atoms with Crippen molar-refractivity contribution in [1.29, 1.82) is 0 Å². The van der Waals surface area contributed by atoms with Gasteiger partial charge in [0, 0.05) is 18.7 Å². The molecule has 1 heterocycles. The van der Waals surface area contributed by atoms with Crippen LogP contribution in [0.5, 0.6) is 11.5 Å². The van der Waals surface area contributed by atoms with Crippen LogP contribution in [0.1, 0.15) is 24.5 Å². The molecule has 1 aromatic heterocycles. The fourth-order valence-electron chi connectivity index (χ4n) is 2.59. The predicted octanol–water partition coefficient (Wildman–Crippen LogP) is 2.70. The van der Waals surface area contributed by atoms with Gasteiger partial charge in [0.25, 0.3) is 10.0 Å². The van der Waals surface area contributed by atoms with Gasteiger partial charge in [0.2, 0.25) is 0 Å². The van der Waals surface area contributed by atoms with Crippen molar-refractivity contribution in [3.8, 4) is 11.5 Å². The number of ether oxygens (including phenoxy) is 3. The summed E-state index contributed by atoms with van der Waals surface area (Å²) >= 11 is 0. The van der Waals surface area contributed by atoms with E-state index in [2.05, 4.69) is 9.71 Å². The summed E-state index contributed by atoms with van der Waals surface area (Å²) in [6.45, 7) is 3.72. The third kappa shape index (κ3) is 5.13. The number of carbonyl (C=O) groups excluding carboxylic acids is 1. The summed E-state index contributed by atoms with van der Waals surface area (Å²) in [6.07, 6.45) is 1.70. The van der Waals surface area contributed by atoms with E-state index >= 15 is 0 Å². The van der Waals surface area contributed by atoms with Crippen LogP contribution in [0.3, 0.4) is 0 Å². The van der Waals surface area contributed by atoms with Crippen LogP contribution in [0.4, 0.5) is 5.82 Å². The van der Waals surface area contributed by atoms with Gasteiger partial charge in [-0.2, -0.15) is 0 Å². The molecule has 9 heteroatoms. The van der Waals surface area contributed by atoms with E-state index in [1.807, 2.05) is 0 Å². The Morgan fingerprint density at radius 1 is 1.18 bits per heavy atom. The summed E-state index contributed by atoms with van der Waals surface area (Å²) in [4.78, 5) is 15.8. The quantitative estimate of drug-likeness (QED) is 0.636. The van der Waals surface area contributed by atoms with Crippen LogP contribution >= 0.6 is 0 Å². The number of methoxy groups -OCH3 is 2. The topological polar surface area (TPSA) is 104 Å². The van der Waals surface area contributed by atoms with Crippen LogP contribution in [0, 0.1) is 6.92 Å². The molecule has 0 spiro atoms. The molecule has 0 radical (unpaired) electrons. The molecule has 0 saturated heterocycles. The number of nitrogens with zero attached hydrogens (tertiary/aromatic N) is 1. The maximum absolute atomic E-state index is 13.0. The average molecular weight is 408 g/mol. The summed E-state index contributed by atoms with van der Waals surface area (Å²) in [5.41, 5.74) is 1.09. The molecule has 8 nitrogen and oxygen atoms in total. The summed E-state index contributed by atoms with van der Waals surface area (Å²) in [6, 6.07) is 6.40. The van der Waals surface area contributed by atoms with Crippen LogP contribution in [0.2, 0.25) is 0 Å². The maximum atomic E-state index is 13.0. The van der Waals surface area contributed by atoms with Crippen molar-refractivity contribution >= 4 is 21.8 Å². The summed E-state index contributed by atoms with van der Waals surface area (Å²) in [5.74, 6) is 0.456. The van der Waals surface area contributed by atoms with Gasteiger partial charge in [0.15, 0.2) is 11.5 Å². The van der Waals surface area contributed by atoms with Gasteiger partial charge < -0.3 is 14.2 Å². The van der Waals surface area contributed by atoms with Gasteiger partial charge in [-0.1, -0.05) is 6.07 Å². The first kappa shape index (κ1) is 21.5. The number of esters is 1. The van der Waals surface area contributed by atoms with E-state index < -0.39 is 16.0 Å². The minimum Gasteiger partial charge on any atom is -0.493 e. The Morgan fingerprint density at radius 2 is 1.86 bits per heavy atom. The zero-order valence-electron chi connectivity index (χ0n) is 16.3. The number of anilines is 1. The smallest absolute Gasteiger partial charge is 0.306 e. The molecule has 0 unspecified atom stereocenters. The standard InChI is InChI=1S/C19H24N2O6S/c1-5-27-18(22)9-8-14-11-15(25-3)16(26-4)12-17(14)28(23,24)21-19-13(2)7-6-10-20-19/h6-7,10-12H,5,8-9H2,1-4H3,(H,20,21). The Balaban J connectivity index is 2.46. The number of nitrogens with one attached hydrogen (secondary N) is 1. The normalized spacial score (nSPS) is 11.0. The minimum absolute atomic E-state index is 0.0144. The predicted molar refractivity (Wildman–Crippen MR) is 104 cm³/mol. The zero-order chi connectivity index (χ0) is 20.7. The first-order valence-corrected chi connectivity index (χ1v) is 10.2. The second-order valence-electron chi connectivity index (χ2n) is 5.89. The van der Waals surface area contributed by atoms with Gasteiger partial charge in [-0.3, -0.25) is 9.52 Å². The largest absolute Gasteiger partial charge is 0.493 e. The number of hydrogen-bond donors (Lipinski definition) is 1. The Morgan fingerprint density at radius 3 is 2.46 bits per heavy atom. The third-order valence-electron chi connectivity index (χ3n) is 4.00. The van der Waals surface area contributed by atoms with Gasteiger partial charge in [-0.25, -0.2) is 13.4 Å². The zero-order valence-corrected chi connectivity index (χ0v) is 17.1. The number of pyridine rings is 1. The van der Waals surface area contributed by atoms with E-state index in [-0.39, 0.29) is 35.9 Å². The summed E-state index contributed by atoms with van der Waals surface area (Å²) < 4.78 is 44.0. The van der Waals surface area contributed by atoms with E-state index in [4.69, 9.17) is 14.2 Å². The number of hydrogen-bond acceptors (Lipinski definition) is 7. The molecule has 0 atom stereocenters. The monoisotopic (exact) mass is 408 g/mol. The molecule has 0 amide bonds. The molecule has 2 rings (SSSR count). The van der Waals surface area contributed by atoms with Crippen molar-refractivity contribution in [2.75, 3.05) is 25.5 Å². The van der Waals surface area contributed by atoms with E-state index in [1.54, 1.807) is 32.0 Å². The molecule has 1 aromatic carbocycles. The average Bonchev–Trinajstić information content (AvgIpc) is 2.67. The second-order valence-corrected chi connectivity index (χ2v) is 7.55. The SMILES string of the molecule is CCOC(=O)CCc1cc(OC)c(OC)cc1S(=O)(=O)Nc1ncccc1C. The highest BCUT2D eigenvalue weighted by Crippen LogP contribution is 2.34. The molecular formula is C19H24N2O6S. The third-order valence-corrected chi connectivity index (χ3v) is 5.42.